The topological polar surface area (TPSA) is 79.2 Å². The third-order valence-corrected chi connectivity index (χ3v) is 3.53. The van der Waals surface area contributed by atoms with E-state index in [-0.39, 0.29) is 24.5 Å². The first-order valence-corrected chi connectivity index (χ1v) is 6.67. The van der Waals surface area contributed by atoms with Gasteiger partial charge >= 0.3 is 5.97 Å². The van der Waals surface area contributed by atoms with E-state index in [0.29, 0.717) is 13.2 Å². The number of aliphatic hydroxyl groups is 1. The molecule has 19 heavy (non-hydrogen) atoms. The molecule has 1 fully saturated rings. The summed E-state index contributed by atoms with van der Waals surface area (Å²) < 4.78 is 10.4. The third-order valence-electron chi connectivity index (χ3n) is 3.53. The lowest BCUT2D eigenvalue weighted by atomic mass is 9.87. The summed E-state index contributed by atoms with van der Waals surface area (Å²) in [7, 11) is 1.61. The quantitative estimate of drug-likeness (QED) is 0.619. The first kappa shape index (κ1) is 16.4. The van der Waals surface area contributed by atoms with E-state index >= 15 is 0 Å². The predicted molar refractivity (Wildman–Crippen MR) is 70.0 cm³/mol. The second-order valence-electron chi connectivity index (χ2n) is 5.36. The number of hydrogen-bond donors (Lipinski definition) is 2. The maximum atomic E-state index is 10.8. The Hall–Kier alpha value is -0.690. The molecule has 112 valence electrons. The largest absolute Gasteiger partial charge is 0.481 e. The van der Waals surface area contributed by atoms with Crippen LogP contribution in [0, 0.1) is 11.8 Å². The van der Waals surface area contributed by atoms with Crippen molar-refractivity contribution in [1.29, 1.82) is 0 Å². The number of nitrogens with zero attached hydrogens (tertiary/aromatic N) is 1. The van der Waals surface area contributed by atoms with Crippen molar-refractivity contribution in [2.24, 2.45) is 11.8 Å². The van der Waals surface area contributed by atoms with Gasteiger partial charge in [-0.2, -0.15) is 0 Å². The van der Waals surface area contributed by atoms with E-state index in [4.69, 9.17) is 14.6 Å². The fraction of sp³-hybridized carbons (Fsp3) is 0.923. The molecule has 1 rings (SSSR count). The lowest BCUT2D eigenvalue weighted by Crippen LogP contribution is -2.53. The zero-order valence-corrected chi connectivity index (χ0v) is 11.9. The molecule has 1 aliphatic heterocycles. The van der Waals surface area contributed by atoms with Gasteiger partial charge in [0, 0.05) is 26.7 Å². The highest BCUT2D eigenvalue weighted by Gasteiger charge is 2.35. The van der Waals surface area contributed by atoms with Crippen molar-refractivity contribution in [1.82, 2.24) is 4.90 Å². The van der Waals surface area contributed by atoms with Crippen molar-refractivity contribution in [2.75, 3.05) is 40.0 Å². The zero-order valence-electron chi connectivity index (χ0n) is 11.9. The summed E-state index contributed by atoms with van der Waals surface area (Å²) >= 11 is 0. The third kappa shape index (κ3) is 5.44. The molecule has 2 N–H and O–H groups in total. The van der Waals surface area contributed by atoms with Crippen LogP contribution in [-0.2, 0) is 14.3 Å². The minimum Gasteiger partial charge on any atom is -0.481 e. The molecule has 0 spiro atoms. The molecule has 1 aliphatic rings. The lowest BCUT2D eigenvalue weighted by Gasteiger charge is -2.42. The van der Waals surface area contributed by atoms with Crippen molar-refractivity contribution in [3.63, 3.8) is 0 Å². The van der Waals surface area contributed by atoms with Crippen molar-refractivity contribution >= 4 is 5.97 Å². The van der Waals surface area contributed by atoms with Crippen LogP contribution < -0.4 is 0 Å². The molecule has 0 aromatic heterocycles. The van der Waals surface area contributed by atoms with Crippen LogP contribution in [0.4, 0.5) is 0 Å². The van der Waals surface area contributed by atoms with Crippen LogP contribution in [0.25, 0.3) is 0 Å². The molecule has 0 bridgehead atoms. The number of carbonyl (C=O) groups is 1. The number of carboxylic acids is 1. The fourth-order valence-electron chi connectivity index (χ4n) is 2.19. The predicted octanol–water partition coefficient (Wildman–Crippen LogP) is 0.0513. The van der Waals surface area contributed by atoms with Gasteiger partial charge in [0.05, 0.1) is 31.3 Å². The Morgan fingerprint density at radius 3 is 2.53 bits per heavy atom. The first-order valence-electron chi connectivity index (χ1n) is 6.67. The Labute approximate surface area is 114 Å². The number of methoxy groups -OCH3 is 1. The van der Waals surface area contributed by atoms with Crippen LogP contribution in [0.3, 0.4) is 0 Å². The van der Waals surface area contributed by atoms with E-state index in [2.05, 4.69) is 4.90 Å². The van der Waals surface area contributed by atoms with E-state index < -0.39 is 12.1 Å². The summed E-state index contributed by atoms with van der Waals surface area (Å²) in [5.74, 6) is -0.869. The van der Waals surface area contributed by atoms with Gasteiger partial charge in [0.2, 0.25) is 0 Å². The van der Waals surface area contributed by atoms with Gasteiger partial charge in [-0.25, -0.2) is 0 Å². The molecule has 1 heterocycles. The van der Waals surface area contributed by atoms with E-state index in [1.807, 2.05) is 6.92 Å². The van der Waals surface area contributed by atoms with Crippen LogP contribution in [0.5, 0.6) is 0 Å². The molecule has 3 atom stereocenters. The molecule has 0 amide bonds. The molecular formula is C13H25NO5. The molecule has 6 heteroatoms. The van der Waals surface area contributed by atoms with Gasteiger partial charge in [0.15, 0.2) is 0 Å². The molecule has 0 aliphatic carbocycles. The van der Waals surface area contributed by atoms with E-state index in [9.17, 15) is 9.90 Å². The minimum absolute atomic E-state index is 0.0316. The van der Waals surface area contributed by atoms with Crippen molar-refractivity contribution in [3.8, 4) is 0 Å². The summed E-state index contributed by atoms with van der Waals surface area (Å²) in [6.45, 7) is 6.41. The normalized spacial score (nSPS) is 21.7. The van der Waals surface area contributed by atoms with Gasteiger partial charge in [-0.05, 0) is 12.8 Å². The molecule has 0 saturated carbocycles. The standard InChI is InChI=1S/C13H25NO5/c1-9(7-18-3)19-8-12(15)6-14-4-11(5-14)10(2)13(16)17/h9-12,15H,4-8H2,1-3H3,(H,16,17). The number of carboxylic acid groups (broad SMARTS) is 1. The van der Waals surface area contributed by atoms with Crippen LogP contribution in [0.2, 0.25) is 0 Å². The van der Waals surface area contributed by atoms with Crippen LogP contribution >= 0.6 is 0 Å². The summed E-state index contributed by atoms with van der Waals surface area (Å²) in [6.07, 6.45) is -0.573. The number of ether oxygens (including phenoxy) is 2. The van der Waals surface area contributed by atoms with Crippen LogP contribution in [0.1, 0.15) is 13.8 Å². The number of aliphatic carboxylic acids is 1. The van der Waals surface area contributed by atoms with Gasteiger partial charge in [-0.3, -0.25) is 9.69 Å². The molecule has 0 radical (unpaired) electrons. The SMILES string of the molecule is COCC(C)OCC(O)CN1CC(C(C)C(=O)O)C1. The molecule has 6 nitrogen and oxygen atoms in total. The summed E-state index contributed by atoms with van der Waals surface area (Å²) in [4.78, 5) is 12.9. The number of rotatable bonds is 9. The summed E-state index contributed by atoms with van der Waals surface area (Å²) in [6, 6.07) is 0. The molecule has 3 unspecified atom stereocenters. The maximum absolute atomic E-state index is 10.8. The molecule has 0 aromatic rings. The van der Waals surface area contributed by atoms with Gasteiger partial charge in [-0.1, -0.05) is 6.92 Å². The van der Waals surface area contributed by atoms with Gasteiger partial charge < -0.3 is 19.7 Å². The Morgan fingerprint density at radius 1 is 1.37 bits per heavy atom. The Kier molecular flexibility index (Phi) is 6.71. The second kappa shape index (κ2) is 7.79. The zero-order chi connectivity index (χ0) is 14.4. The number of aliphatic hydroxyl groups excluding tert-OH is 1. The lowest BCUT2D eigenvalue weighted by molar-refractivity contribution is -0.145. The van der Waals surface area contributed by atoms with Crippen molar-refractivity contribution < 1.29 is 24.5 Å². The molecule has 0 aromatic carbocycles. The summed E-state index contributed by atoms with van der Waals surface area (Å²) in [5, 5.41) is 18.7. The van der Waals surface area contributed by atoms with Crippen LogP contribution in [-0.4, -0.2) is 73.2 Å². The summed E-state index contributed by atoms with van der Waals surface area (Å²) in [5.41, 5.74) is 0. The minimum atomic E-state index is -0.748. The Bertz CT molecular complexity index is 280. The average Bonchev–Trinajstić information content (AvgIpc) is 2.30. The van der Waals surface area contributed by atoms with Crippen molar-refractivity contribution in [3.05, 3.63) is 0 Å². The van der Waals surface area contributed by atoms with E-state index in [1.165, 1.54) is 0 Å². The van der Waals surface area contributed by atoms with Gasteiger partial charge in [-0.15, -0.1) is 0 Å². The number of β-amino-alcohol motifs (C(OH)–C–C–N with tert-alkyl or cyclic N) is 1. The van der Waals surface area contributed by atoms with Gasteiger partial charge in [0.1, 0.15) is 0 Å². The average molecular weight is 275 g/mol. The highest BCUT2D eigenvalue weighted by atomic mass is 16.5. The first-order chi connectivity index (χ1) is 8.93. The van der Waals surface area contributed by atoms with Crippen molar-refractivity contribution in [2.45, 2.75) is 26.1 Å². The van der Waals surface area contributed by atoms with Gasteiger partial charge in [0.25, 0.3) is 0 Å². The Balaban J connectivity index is 2.12. The smallest absolute Gasteiger partial charge is 0.306 e. The van der Waals surface area contributed by atoms with E-state index in [1.54, 1.807) is 14.0 Å². The van der Waals surface area contributed by atoms with E-state index in [0.717, 1.165) is 13.1 Å². The number of likely N-dealkylation sites (tertiary alicyclic amines) is 1. The number of hydrogen-bond acceptors (Lipinski definition) is 5. The van der Waals surface area contributed by atoms with Crippen LogP contribution in [0.15, 0.2) is 0 Å². The highest BCUT2D eigenvalue weighted by molar-refractivity contribution is 5.70. The maximum Gasteiger partial charge on any atom is 0.306 e. The Morgan fingerprint density at radius 2 is 2.00 bits per heavy atom. The monoisotopic (exact) mass is 275 g/mol. The molecule has 1 saturated heterocycles. The fourth-order valence-corrected chi connectivity index (χ4v) is 2.19. The molecular weight excluding hydrogens is 250 g/mol. The highest BCUT2D eigenvalue weighted by Crippen LogP contribution is 2.23. The second-order valence-corrected chi connectivity index (χ2v) is 5.36.